The highest BCUT2D eigenvalue weighted by Gasteiger charge is 2.23. The molecule has 0 unspecified atom stereocenters. The first-order valence-corrected chi connectivity index (χ1v) is 10.8. The minimum Gasteiger partial charge on any atom is -0.453 e. The van der Waals surface area contributed by atoms with Crippen LogP contribution in [0.15, 0.2) is 4.99 Å². The van der Waals surface area contributed by atoms with Crippen molar-refractivity contribution in [3.63, 3.8) is 0 Å². The SMILES string of the molecule is CCNC(=NCCCCCN1CCCCC1)NC1CCN(C(=O)OC)CC1.I. The maximum atomic E-state index is 11.6. The molecular weight excluding hydrogens is 469 g/mol. The Hall–Kier alpha value is -0.770. The van der Waals surface area contributed by atoms with Gasteiger partial charge in [-0.1, -0.05) is 12.8 Å². The summed E-state index contributed by atoms with van der Waals surface area (Å²) in [6.45, 7) is 9.14. The molecule has 2 aliphatic rings. The molecule has 0 aliphatic carbocycles. The lowest BCUT2D eigenvalue weighted by atomic mass is 10.1. The highest BCUT2D eigenvalue weighted by Crippen LogP contribution is 2.12. The molecule has 2 heterocycles. The van der Waals surface area contributed by atoms with Gasteiger partial charge in [0.15, 0.2) is 5.96 Å². The molecule has 2 N–H and O–H groups in total. The van der Waals surface area contributed by atoms with E-state index < -0.39 is 0 Å². The summed E-state index contributed by atoms with van der Waals surface area (Å²) in [6.07, 6.45) is 9.46. The van der Waals surface area contributed by atoms with Crippen LogP contribution in [0.2, 0.25) is 0 Å². The molecule has 0 atom stereocenters. The van der Waals surface area contributed by atoms with Crippen molar-refractivity contribution in [3.05, 3.63) is 0 Å². The van der Waals surface area contributed by atoms with E-state index in [0.29, 0.717) is 6.04 Å². The molecule has 2 saturated heterocycles. The van der Waals surface area contributed by atoms with E-state index in [1.165, 1.54) is 58.8 Å². The first-order valence-electron chi connectivity index (χ1n) is 10.8. The van der Waals surface area contributed by atoms with Crippen molar-refractivity contribution in [2.45, 2.75) is 64.3 Å². The largest absolute Gasteiger partial charge is 0.453 e. The molecule has 0 bridgehead atoms. The minimum absolute atomic E-state index is 0. The number of nitrogens with one attached hydrogen (secondary N) is 2. The zero-order valence-corrected chi connectivity index (χ0v) is 20.1. The number of likely N-dealkylation sites (tertiary alicyclic amines) is 2. The summed E-state index contributed by atoms with van der Waals surface area (Å²) in [5.74, 6) is 0.907. The van der Waals surface area contributed by atoms with Crippen LogP contribution in [0.1, 0.15) is 58.3 Å². The molecule has 2 rings (SSSR count). The number of unbranched alkanes of at least 4 members (excludes halogenated alkanes) is 2. The molecule has 2 fully saturated rings. The number of ether oxygens (including phenoxy) is 1. The molecule has 2 aliphatic heterocycles. The monoisotopic (exact) mass is 509 g/mol. The van der Waals surface area contributed by atoms with Crippen molar-refractivity contribution < 1.29 is 9.53 Å². The number of carbonyl (C=O) groups excluding carboxylic acids is 1. The Labute approximate surface area is 188 Å². The fraction of sp³-hybridized carbons (Fsp3) is 0.900. The third-order valence-electron chi connectivity index (χ3n) is 5.46. The number of guanidine groups is 1. The van der Waals surface area contributed by atoms with Crippen LogP contribution in [0.5, 0.6) is 0 Å². The Balaban J connectivity index is 0.00000392. The second kappa shape index (κ2) is 15.1. The fourth-order valence-corrected chi connectivity index (χ4v) is 3.85. The number of halogens is 1. The van der Waals surface area contributed by atoms with Gasteiger partial charge in [-0.2, -0.15) is 0 Å². The van der Waals surface area contributed by atoms with Crippen molar-refractivity contribution in [1.29, 1.82) is 0 Å². The van der Waals surface area contributed by atoms with Gasteiger partial charge in [-0.05, 0) is 65.1 Å². The van der Waals surface area contributed by atoms with E-state index in [1.54, 1.807) is 4.90 Å². The fourth-order valence-electron chi connectivity index (χ4n) is 3.85. The van der Waals surface area contributed by atoms with E-state index in [4.69, 9.17) is 9.73 Å². The Bertz CT molecular complexity index is 450. The molecule has 0 spiro atoms. The molecule has 0 aromatic heterocycles. The molecule has 1 amide bonds. The lowest BCUT2D eigenvalue weighted by molar-refractivity contribution is 0.111. The number of hydrogen-bond donors (Lipinski definition) is 2. The second-order valence-corrected chi connectivity index (χ2v) is 7.60. The number of rotatable bonds is 8. The number of nitrogens with zero attached hydrogens (tertiary/aromatic N) is 3. The number of hydrogen-bond acceptors (Lipinski definition) is 4. The van der Waals surface area contributed by atoms with Crippen molar-refractivity contribution >= 4 is 36.0 Å². The molecular formula is C20H40IN5O2. The van der Waals surface area contributed by atoms with Crippen molar-refractivity contribution in [1.82, 2.24) is 20.4 Å². The number of piperidine rings is 2. The number of amides is 1. The van der Waals surface area contributed by atoms with E-state index >= 15 is 0 Å². The third kappa shape index (κ3) is 9.62. The molecule has 0 saturated carbocycles. The van der Waals surface area contributed by atoms with Gasteiger partial charge in [-0.3, -0.25) is 4.99 Å². The van der Waals surface area contributed by atoms with Crippen LogP contribution in [-0.4, -0.2) is 80.8 Å². The molecule has 7 nitrogen and oxygen atoms in total. The summed E-state index contributed by atoms with van der Waals surface area (Å²) >= 11 is 0. The quantitative estimate of drug-likeness (QED) is 0.228. The van der Waals surface area contributed by atoms with E-state index in [9.17, 15) is 4.79 Å². The number of aliphatic imine (C=N–C) groups is 1. The molecule has 0 radical (unpaired) electrons. The third-order valence-corrected chi connectivity index (χ3v) is 5.46. The molecule has 0 aromatic rings. The van der Waals surface area contributed by atoms with Gasteiger partial charge in [0.25, 0.3) is 0 Å². The van der Waals surface area contributed by atoms with Gasteiger partial charge in [-0.15, -0.1) is 24.0 Å². The maximum absolute atomic E-state index is 11.6. The summed E-state index contributed by atoms with van der Waals surface area (Å²) in [7, 11) is 1.44. The van der Waals surface area contributed by atoms with Crippen LogP contribution in [0.25, 0.3) is 0 Å². The summed E-state index contributed by atoms with van der Waals surface area (Å²) < 4.78 is 4.80. The lowest BCUT2D eigenvalue weighted by Crippen LogP contribution is -2.49. The summed E-state index contributed by atoms with van der Waals surface area (Å²) in [5, 5.41) is 6.87. The average Bonchev–Trinajstić information content (AvgIpc) is 2.71. The second-order valence-electron chi connectivity index (χ2n) is 7.60. The number of methoxy groups -OCH3 is 1. The standard InChI is InChI=1S/C20H39N5O2.HI/c1-3-21-19(23-18-10-16-25(17-11-18)20(26)27-2)22-12-6-4-7-13-24-14-8-5-9-15-24;/h18H,3-17H2,1-2H3,(H2,21,22,23);1H. The predicted molar refractivity (Wildman–Crippen MR) is 126 cm³/mol. The Morgan fingerprint density at radius 3 is 2.43 bits per heavy atom. The molecule has 8 heteroatoms. The van der Waals surface area contributed by atoms with E-state index in [1.807, 2.05) is 0 Å². The Morgan fingerprint density at radius 1 is 1.07 bits per heavy atom. The molecule has 28 heavy (non-hydrogen) atoms. The summed E-state index contributed by atoms with van der Waals surface area (Å²) in [6, 6.07) is 0.364. The minimum atomic E-state index is -0.224. The molecule has 164 valence electrons. The van der Waals surface area contributed by atoms with Crippen LogP contribution in [0, 0.1) is 0 Å². The highest BCUT2D eigenvalue weighted by atomic mass is 127. The van der Waals surface area contributed by atoms with E-state index in [-0.39, 0.29) is 30.1 Å². The normalized spacial score (nSPS) is 19.1. The van der Waals surface area contributed by atoms with Crippen LogP contribution in [0.4, 0.5) is 4.79 Å². The van der Waals surface area contributed by atoms with Crippen molar-refractivity contribution in [2.24, 2.45) is 4.99 Å². The smallest absolute Gasteiger partial charge is 0.409 e. The first-order chi connectivity index (χ1) is 13.2. The zero-order valence-electron chi connectivity index (χ0n) is 17.8. The molecule has 0 aromatic carbocycles. The topological polar surface area (TPSA) is 69.2 Å². The highest BCUT2D eigenvalue weighted by molar-refractivity contribution is 14.0. The van der Waals surface area contributed by atoms with Crippen molar-refractivity contribution in [3.8, 4) is 0 Å². The first kappa shape index (κ1) is 25.3. The Morgan fingerprint density at radius 2 is 1.79 bits per heavy atom. The zero-order chi connectivity index (χ0) is 19.3. The van der Waals surface area contributed by atoms with Gasteiger partial charge in [0.1, 0.15) is 0 Å². The van der Waals surface area contributed by atoms with Crippen LogP contribution >= 0.6 is 24.0 Å². The van der Waals surface area contributed by atoms with Crippen molar-refractivity contribution in [2.75, 3.05) is 52.9 Å². The van der Waals surface area contributed by atoms with E-state index in [2.05, 4.69) is 22.5 Å². The average molecular weight is 509 g/mol. The predicted octanol–water partition coefficient (Wildman–Crippen LogP) is 3.05. The van der Waals surface area contributed by atoms with Crippen LogP contribution in [-0.2, 0) is 4.74 Å². The van der Waals surface area contributed by atoms with Gasteiger partial charge in [0.2, 0.25) is 0 Å². The summed E-state index contributed by atoms with van der Waals surface area (Å²) in [5.41, 5.74) is 0. The van der Waals surface area contributed by atoms with Crippen LogP contribution in [0.3, 0.4) is 0 Å². The maximum Gasteiger partial charge on any atom is 0.409 e. The summed E-state index contributed by atoms with van der Waals surface area (Å²) in [4.78, 5) is 20.7. The van der Waals surface area contributed by atoms with E-state index in [0.717, 1.165) is 51.4 Å². The van der Waals surface area contributed by atoms with Gasteiger partial charge >= 0.3 is 6.09 Å². The lowest BCUT2D eigenvalue weighted by Gasteiger charge is -2.32. The van der Waals surface area contributed by atoms with Gasteiger partial charge in [0.05, 0.1) is 7.11 Å². The number of carbonyl (C=O) groups is 1. The Kier molecular flexibility index (Phi) is 13.6. The van der Waals surface area contributed by atoms with Crippen LogP contribution < -0.4 is 10.6 Å². The van der Waals surface area contributed by atoms with Gasteiger partial charge < -0.3 is 25.2 Å². The van der Waals surface area contributed by atoms with Gasteiger partial charge in [-0.25, -0.2) is 4.79 Å². The van der Waals surface area contributed by atoms with Gasteiger partial charge in [0, 0.05) is 32.2 Å².